The van der Waals surface area contributed by atoms with Crippen molar-refractivity contribution in [1.29, 1.82) is 0 Å². The zero-order chi connectivity index (χ0) is 17.4. The highest BCUT2D eigenvalue weighted by molar-refractivity contribution is 6.00. The minimum absolute atomic E-state index is 0.224. The fourth-order valence-electron chi connectivity index (χ4n) is 1.82. The molecule has 4 N–H and O–H groups in total. The second kappa shape index (κ2) is 8.28. The Morgan fingerprint density at radius 1 is 0.958 bits per heavy atom. The molecule has 2 rings (SSSR count). The largest absolute Gasteiger partial charge is 0.481 e. The highest BCUT2D eigenvalue weighted by Gasteiger charge is 2.13. The van der Waals surface area contributed by atoms with Crippen LogP contribution in [0.3, 0.4) is 0 Å². The van der Waals surface area contributed by atoms with E-state index in [0.29, 0.717) is 5.82 Å². The lowest BCUT2D eigenvalue weighted by molar-refractivity contribution is -0.138. The van der Waals surface area contributed by atoms with Crippen LogP contribution in [0.5, 0.6) is 0 Å². The topological polar surface area (TPSA) is 120 Å². The molecule has 0 bridgehead atoms. The van der Waals surface area contributed by atoms with Crippen molar-refractivity contribution in [2.45, 2.75) is 12.8 Å². The van der Waals surface area contributed by atoms with Crippen LogP contribution >= 0.6 is 0 Å². The number of nitrogens with zero attached hydrogens (tertiary/aromatic N) is 1. The number of hydrazine groups is 1. The van der Waals surface area contributed by atoms with Crippen LogP contribution in [-0.2, 0) is 9.59 Å². The van der Waals surface area contributed by atoms with Crippen LogP contribution in [0.4, 0.5) is 11.5 Å². The van der Waals surface area contributed by atoms with Gasteiger partial charge in [-0.25, -0.2) is 4.98 Å². The molecule has 0 fully saturated rings. The standard InChI is InChI=1S/C16H16N4O4/c21-13(8-9-14(22)23)19-20-16(24)12-7-4-10-17-15(12)18-11-5-2-1-3-6-11/h1-7,10H,8-9H2,(H,17,18)(H,19,21)(H,20,24)(H,22,23). The van der Waals surface area contributed by atoms with Gasteiger partial charge in [-0.1, -0.05) is 18.2 Å². The van der Waals surface area contributed by atoms with E-state index in [-0.39, 0.29) is 18.4 Å². The molecule has 2 aromatic rings. The maximum Gasteiger partial charge on any atom is 0.303 e. The summed E-state index contributed by atoms with van der Waals surface area (Å²) in [4.78, 5) is 38.1. The molecule has 0 unspecified atom stereocenters. The SMILES string of the molecule is O=C(O)CCC(=O)NNC(=O)c1cccnc1Nc1ccccc1. The number of benzene rings is 1. The van der Waals surface area contributed by atoms with Gasteiger partial charge >= 0.3 is 5.97 Å². The molecule has 0 aliphatic heterocycles. The summed E-state index contributed by atoms with van der Waals surface area (Å²) in [5.41, 5.74) is 5.40. The number of anilines is 2. The number of amides is 2. The van der Waals surface area contributed by atoms with Gasteiger partial charge in [0.05, 0.1) is 12.0 Å². The third-order valence-corrected chi connectivity index (χ3v) is 2.97. The van der Waals surface area contributed by atoms with Crippen molar-refractivity contribution in [3.63, 3.8) is 0 Å². The maximum absolute atomic E-state index is 12.2. The van der Waals surface area contributed by atoms with Crippen LogP contribution in [0.2, 0.25) is 0 Å². The number of hydrogen-bond donors (Lipinski definition) is 4. The van der Waals surface area contributed by atoms with Crippen molar-refractivity contribution in [2.75, 3.05) is 5.32 Å². The van der Waals surface area contributed by atoms with Gasteiger partial charge in [-0.3, -0.25) is 25.2 Å². The summed E-state index contributed by atoms with van der Waals surface area (Å²) in [6.07, 6.45) is 1.00. The molecule has 124 valence electrons. The van der Waals surface area contributed by atoms with E-state index in [1.54, 1.807) is 12.1 Å². The highest BCUT2D eigenvalue weighted by atomic mass is 16.4. The van der Waals surface area contributed by atoms with Crippen LogP contribution in [0.1, 0.15) is 23.2 Å². The predicted octanol–water partition coefficient (Wildman–Crippen LogP) is 1.45. The number of rotatable bonds is 6. The van der Waals surface area contributed by atoms with Gasteiger partial charge in [0.2, 0.25) is 5.91 Å². The van der Waals surface area contributed by atoms with Gasteiger partial charge < -0.3 is 10.4 Å². The van der Waals surface area contributed by atoms with E-state index in [9.17, 15) is 14.4 Å². The molecule has 0 aliphatic carbocycles. The van der Waals surface area contributed by atoms with Gasteiger partial charge in [-0.05, 0) is 24.3 Å². The fraction of sp³-hybridized carbons (Fsp3) is 0.125. The van der Waals surface area contributed by atoms with Crippen molar-refractivity contribution in [3.8, 4) is 0 Å². The number of hydrogen-bond acceptors (Lipinski definition) is 5. The smallest absolute Gasteiger partial charge is 0.303 e. The second-order valence-corrected chi connectivity index (χ2v) is 4.79. The zero-order valence-electron chi connectivity index (χ0n) is 12.7. The molecule has 0 saturated carbocycles. The molecular weight excluding hydrogens is 312 g/mol. The Morgan fingerprint density at radius 3 is 2.42 bits per heavy atom. The van der Waals surface area contributed by atoms with Crippen LogP contribution in [-0.4, -0.2) is 27.9 Å². The number of carbonyl (C=O) groups is 3. The van der Waals surface area contributed by atoms with Gasteiger partial charge in [0, 0.05) is 18.3 Å². The Labute approximate surface area is 137 Å². The van der Waals surface area contributed by atoms with E-state index in [4.69, 9.17) is 5.11 Å². The summed E-state index contributed by atoms with van der Waals surface area (Å²) in [6, 6.07) is 12.3. The maximum atomic E-state index is 12.2. The Kier molecular flexibility index (Phi) is 5.84. The van der Waals surface area contributed by atoms with Crippen LogP contribution in [0.15, 0.2) is 48.7 Å². The number of pyridine rings is 1. The molecule has 24 heavy (non-hydrogen) atoms. The molecule has 1 aromatic carbocycles. The number of aromatic nitrogens is 1. The van der Waals surface area contributed by atoms with Crippen molar-refractivity contribution in [1.82, 2.24) is 15.8 Å². The normalized spacial score (nSPS) is 9.83. The van der Waals surface area contributed by atoms with Crippen LogP contribution in [0.25, 0.3) is 0 Å². The number of carboxylic acids is 1. The van der Waals surface area contributed by atoms with Crippen molar-refractivity contribution < 1.29 is 19.5 Å². The summed E-state index contributed by atoms with van der Waals surface area (Å²) in [5, 5.41) is 11.5. The first-order valence-corrected chi connectivity index (χ1v) is 7.14. The first kappa shape index (κ1) is 16.9. The van der Waals surface area contributed by atoms with Gasteiger partial charge in [0.15, 0.2) is 0 Å². The van der Waals surface area contributed by atoms with Crippen LogP contribution in [0, 0.1) is 0 Å². The van der Waals surface area contributed by atoms with E-state index in [2.05, 4.69) is 21.2 Å². The predicted molar refractivity (Wildman–Crippen MR) is 86.4 cm³/mol. The van der Waals surface area contributed by atoms with E-state index in [1.807, 2.05) is 30.3 Å². The summed E-state index contributed by atoms with van der Waals surface area (Å²) >= 11 is 0. The Hall–Kier alpha value is -3.42. The third-order valence-electron chi connectivity index (χ3n) is 2.97. The average Bonchev–Trinajstić information content (AvgIpc) is 2.59. The zero-order valence-corrected chi connectivity index (χ0v) is 12.7. The summed E-state index contributed by atoms with van der Waals surface area (Å²) in [5.74, 6) is -1.91. The first-order chi connectivity index (χ1) is 11.6. The second-order valence-electron chi connectivity index (χ2n) is 4.79. The average molecular weight is 328 g/mol. The Bertz CT molecular complexity index is 734. The number of carboxylic acid groups (broad SMARTS) is 1. The van der Waals surface area contributed by atoms with E-state index >= 15 is 0 Å². The molecule has 8 nitrogen and oxygen atoms in total. The van der Waals surface area contributed by atoms with E-state index in [0.717, 1.165) is 5.69 Å². The third kappa shape index (κ3) is 5.09. The highest BCUT2D eigenvalue weighted by Crippen LogP contribution is 2.17. The molecule has 1 aromatic heterocycles. The molecule has 1 heterocycles. The minimum Gasteiger partial charge on any atom is -0.481 e. The number of carbonyl (C=O) groups excluding carboxylic acids is 2. The van der Waals surface area contributed by atoms with E-state index < -0.39 is 17.8 Å². The summed E-state index contributed by atoms with van der Waals surface area (Å²) in [7, 11) is 0. The number of para-hydroxylation sites is 1. The Morgan fingerprint density at radius 2 is 1.71 bits per heavy atom. The molecule has 0 atom stereocenters. The van der Waals surface area contributed by atoms with Crippen molar-refractivity contribution >= 4 is 29.3 Å². The van der Waals surface area contributed by atoms with Crippen molar-refractivity contribution in [3.05, 3.63) is 54.2 Å². The lowest BCUT2D eigenvalue weighted by Crippen LogP contribution is -2.42. The lowest BCUT2D eigenvalue weighted by atomic mass is 10.2. The summed E-state index contributed by atoms with van der Waals surface area (Å²) in [6.45, 7) is 0. The number of nitrogens with one attached hydrogen (secondary N) is 3. The monoisotopic (exact) mass is 328 g/mol. The molecule has 0 spiro atoms. The first-order valence-electron chi connectivity index (χ1n) is 7.14. The van der Waals surface area contributed by atoms with Gasteiger partial charge in [0.1, 0.15) is 5.82 Å². The van der Waals surface area contributed by atoms with Crippen LogP contribution < -0.4 is 16.2 Å². The molecule has 0 radical (unpaired) electrons. The molecule has 8 heteroatoms. The van der Waals surface area contributed by atoms with Gasteiger partial charge in [0.25, 0.3) is 5.91 Å². The van der Waals surface area contributed by atoms with Gasteiger partial charge in [-0.15, -0.1) is 0 Å². The minimum atomic E-state index is -1.09. The fourth-order valence-corrected chi connectivity index (χ4v) is 1.82. The quantitative estimate of drug-likeness (QED) is 0.596. The summed E-state index contributed by atoms with van der Waals surface area (Å²) < 4.78 is 0. The molecular formula is C16H16N4O4. The lowest BCUT2D eigenvalue weighted by Gasteiger charge is -2.11. The van der Waals surface area contributed by atoms with E-state index in [1.165, 1.54) is 6.20 Å². The molecule has 0 aliphatic rings. The Balaban J connectivity index is 1.99. The molecule has 2 amide bonds. The van der Waals surface area contributed by atoms with Crippen molar-refractivity contribution in [2.24, 2.45) is 0 Å². The molecule has 0 saturated heterocycles. The number of aliphatic carboxylic acids is 1. The van der Waals surface area contributed by atoms with Gasteiger partial charge in [-0.2, -0.15) is 0 Å².